The molecule has 6 aromatic rings. The summed E-state index contributed by atoms with van der Waals surface area (Å²) in [7, 11) is 0. The molecule has 6 aromatic carbocycles. The highest BCUT2D eigenvalue weighted by molar-refractivity contribution is 6.16. The van der Waals surface area contributed by atoms with Crippen LogP contribution in [0.4, 0.5) is 45.5 Å². The van der Waals surface area contributed by atoms with Crippen LogP contribution in [0.25, 0.3) is 0 Å². The van der Waals surface area contributed by atoms with Gasteiger partial charge in [0.15, 0.2) is 23.0 Å². The Labute approximate surface area is 420 Å². The topological polar surface area (TPSA) is 90.5 Å². The van der Waals surface area contributed by atoms with E-state index >= 15 is 0 Å². The third-order valence-electron chi connectivity index (χ3n) is 13.6. The number of nitrogens with zero attached hydrogens (tertiary/aromatic N) is 6. The lowest BCUT2D eigenvalue weighted by Gasteiger charge is -2.34. The highest BCUT2D eigenvalue weighted by Crippen LogP contribution is 2.52. The number of hydrogen-bond acceptors (Lipinski definition) is 10. The maximum atomic E-state index is 14.9. The Morgan fingerprint density at radius 1 is 0.394 bits per heavy atom. The van der Waals surface area contributed by atoms with Crippen LogP contribution in [0.1, 0.15) is 95.4 Å². The van der Waals surface area contributed by atoms with Gasteiger partial charge in [0.05, 0.1) is 47.1 Å². The lowest BCUT2D eigenvalue weighted by atomic mass is 10.1. The minimum Gasteiger partial charge on any atom is -0.493 e. The SMILES string of the molecule is CCN(CC)c1ccc2c(c1)Oc1cc(N(CC)CC)ccc1N2C(=O)c1ccccc1OCCCCCOc1ccccc1C(=O)N1c2ccc(N(CC)CC)cc2Oc2cc(N(CC)CC)ccc21. The van der Waals surface area contributed by atoms with Crippen molar-refractivity contribution in [1.82, 2.24) is 0 Å². The second-order valence-electron chi connectivity index (χ2n) is 17.5. The van der Waals surface area contributed by atoms with Gasteiger partial charge in [-0.25, -0.2) is 0 Å². The molecule has 8 rings (SSSR count). The standard InChI is InChI=1S/C59H70N6O6/c1-9-60(10-2)42-28-32-48-54(38-42)70-55-39-43(61(11-3)12-4)29-33-49(55)64(48)58(66)46-24-18-20-26-52(46)68-36-22-17-23-37-69-53-27-21-19-25-47(53)59(67)65-50-34-30-44(62(13-5)14-6)40-56(50)71-57-41-45(31-35-51(57)65)63(15-7)16-8/h18-21,24-35,38-41H,9-17,22-23,36-37H2,1-8H3. The predicted octanol–water partition coefficient (Wildman–Crippen LogP) is 13.9. The molecule has 12 heteroatoms. The van der Waals surface area contributed by atoms with Crippen LogP contribution in [0.5, 0.6) is 34.5 Å². The van der Waals surface area contributed by atoms with Crippen molar-refractivity contribution in [2.45, 2.75) is 74.7 Å². The van der Waals surface area contributed by atoms with Gasteiger partial charge in [-0.3, -0.25) is 19.4 Å². The van der Waals surface area contributed by atoms with Gasteiger partial charge in [-0.15, -0.1) is 0 Å². The Bertz CT molecular complexity index is 2490. The van der Waals surface area contributed by atoms with Crippen LogP contribution in [0.2, 0.25) is 0 Å². The minimum absolute atomic E-state index is 0.197. The van der Waals surface area contributed by atoms with Crippen molar-refractivity contribution in [2.24, 2.45) is 0 Å². The normalized spacial score (nSPS) is 12.1. The molecule has 0 radical (unpaired) electrons. The monoisotopic (exact) mass is 959 g/mol. The molecule has 2 amide bonds. The third kappa shape index (κ3) is 10.4. The molecule has 2 heterocycles. The van der Waals surface area contributed by atoms with E-state index in [0.29, 0.717) is 81.6 Å². The number of amides is 2. The Balaban J connectivity index is 0.945. The number of hydrogen-bond donors (Lipinski definition) is 0. The minimum atomic E-state index is -0.197. The van der Waals surface area contributed by atoms with Gasteiger partial charge in [0.25, 0.3) is 11.8 Å². The molecule has 0 saturated carbocycles. The second kappa shape index (κ2) is 23.1. The average Bonchev–Trinajstić information content (AvgIpc) is 3.40. The van der Waals surface area contributed by atoms with Crippen LogP contribution in [-0.2, 0) is 0 Å². The van der Waals surface area contributed by atoms with E-state index in [1.165, 1.54) is 0 Å². The lowest BCUT2D eigenvalue weighted by molar-refractivity contribution is 0.0985. The first-order valence-corrected chi connectivity index (χ1v) is 25.7. The Morgan fingerprint density at radius 3 is 0.958 bits per heavy atom. The summed E-state index contributed by atoms with van der Waals surface area (Å²) in [6.07, 6.45) is 2.29. The van der Waals surface area contributed by atoms with E-state index in [4.69, 9.17) is 18.9 Å². The van der Waals surface area contributed by atoms with Gasteiger partial charge in [-0.05, 0) is 147 Å². The Hall–Kier alpha value is -7.34. The van der Waals surface area contributed by atoms with Gasteiger partial charge in [-0.1, -0.05) is 24.3 Å². The van der Waals surface area contributed by atoms with Gasteiger partial charge in [0.2, 0.25) is 0 Å². The number of unbranched alkanes of at least 4 members (excludes halogenated alkanes) is 2. The van der Waals surface area contributed by atoms with Gasteiger partial charge in [0.1, 0.15) is 11.5 Å². The van der Waals surface area contributed by atoms with E-state index in [-0.39, 0.29) is 11.8 Å². The highest BCUT2D eigenvalue weighted by Gasteiger charge is 2.34. The van der Waals surface area contributed by atoms with Crippen molar-refractivity contribution in [3.63, 3.8) is 0 Å². The van der Waals surface area contributed by atoms with E-state index in [1.807, 2.05) is 97.1 Å². The molecule has 0 saturated heterocycles. The number of para-hydroxylation sites is 2. The number of ether oxygens (including phenoxy) is 4. The lowest BCUT2D eigenvalue weighted by Crippen LogP contribution is -2.30. The molecule has 0 aliphatic carbocycles. The first kappa shape index (κ1) is 50.1. The number of anilines is 8. The molecule has 71 heavy (non-hydrogen) atoms. The summed E-state index contributed by atoms with van der Waals surface area (Å²) in [5.74, 6) is 3.17. The summed E-state index contributed by atoms with van der Waals surface area (Å²) in [5, 5.41) is 0. The molecule has 0 unspecified atom stereocenters. The molecule has 0 aromatic heterocycles. The third-order valence-corrected chi connectivity index (χ3v) is 13.6. The molecule has 0 spiro atoms. The van der Waals surface area contributed by atoms with E-state index in [0.717, 1.165) is 94.4 Å². The molecular formula is C59H70N6O6. The summed E-state index contributed by atoms with van der Waals surface area (Å²) < 4.78 is 26.0. The molecule has 0 atom stereocenters. The molecular weight excluding hydrogens is 889 g/mol. The predicted molar refractivity (Wildman–Crippen MR) is 291 cm³/mol. The van der Waals surface area contributed by atoms with Gasteiger partial charge >= 0.3 is 0 Å². The first-order chi connectivity index (χ1) is 34.7. The van der Waals surface area contributed by atoms with Crippen LogP contribution in [-0.4, -0.2) is 77.4 Å². The zero-order chi connectivity index (χ0) is 50.0. The van der Waals surface area contributed by atoms with Crippen LogP contribution >= 0.6 is 0 Å². The van der Waals surface area contributed by atoms with E-state index < -0.39 is 0 Å². The van der Waals surface area contributed by atoms with Crippen molar-refractivity contribution < 1.29 is 28.5 Å². The summed E-state index contributed by atoms with van der Waals surface area (Å²) >= 11 is 0. The number of carbonyl (C=O) groups is 2. The van der Waals surface area contributed by atoms with Crippen LogP contribution in [0, 0.1) is 0 Å². The van der Waals surface area contributed by atoms with Crippen LogP contribution in [0.3, 0.4) is 0 Å². The Morgan fingerprint density at radius 2 is 0.676 bits per heavy atom. The molecule has 0 N–H and O–H groups in total. The van der Waals surface area contributed by atoms with Crippen molar-refractivity contribution in [2.75, 3.05) is 95.0 Å². The van der Waals surface area contributed by atoms with Gasteiger partial charge in [-0.2, -0.15) is 0 Å². The molecule has 0 bridgehead atoms. The fourth-order valence-electron chi connectivity index (χ4n) is 9.68. The van der Waals surface area contributed by atoms with E-state index in [9.17, 15) is 9.59 Å². The highest BCUT2D eigenvalue weighted by atomic mass is 16.5. The van der Waals surface area contributed by atoms with Crippen LogP contribution in [0.15, 0.2) is 121 Å². The van der Waals surface area contributed by atoms with Crippen molar-refractivity contribution in [3.05, 3.63) is 132 Å². The van der Waals surface area contributed by atoms with Crippen LogP contribution < -0.4 is 48.3 Å². The second-order valence-corrected chi connectivity index (χ2v) is 17.5. The Kier molecular flexibility index (Phi) is 16.3. The number of rotatable bonds is 22. The van der Waals surface area contributed by atoms with Crippen molar-refractivity contribution >= 4 is 57.3 Å². The largest absolute Gasteiger partial charge is 0.493 e. The number of carbonyl (C=O) groups excluding carboxylic acids is 2. The maximum absolute atomic E-state index is 14.9. The molecule has 12 nitrogen and oxygen atoms in total. The van der Waals surface area contributed by atoms with Crippen molar-refractivity contribution in [3.8, 4) is 34.5 Å². The van der Waals surface area contributed by atoms with E-state index in [1.54, 1.807) is 9.80 Å². The smallest absolute Gasteiger partial charge is 0.266 e. The van der Waals surface area contributed by atoms with E-state index in [2.05, 4.69) is 99.3 Å². The molecule has 372 valence electrons. The summed E-state index contributed by atoms with van der Waals surface area (Å²) in [6.45, 7) is 24.7. The first-order valence-electron chi connectivity index (χ1n) is 25.7. The fourth-order valence-corrected chi connectivity index (χ4v) is 9.68. The molecule has 2 aliphatic heterocycles. The van der Waals surface area contributed by atoms with Gasteiger partial charge < -0.3 is 38.5 Å². The summed E-state index contributed by atoms with van der Waals surface area (Å²) in [4.78, 5) is 42.3. The average molecular weight is 959 g/mol. The molecule has 2 aliphatic rings. The quantitative estimate of drug-likeness (QED) is 0.0613. The summed E-state index contributed by atoms with van der Waals surface area (Å²) in [5.41, 5.74) is 7.81. The zero-order valence-electron chi connectivity index (χ0n) is 42.9. The van der Waals surface area contributed by atoms with Crippen molar-refractivity contribution in [1.29, 1.82) is 0 Å². The van der Waals surface area contributed by atoms with Gasteiger partial charge in [0, 0.05) is 99.4 Å². The summed E-state index contributed by atoms with van der Waals surface area (Å²) in [6, 6.07) is 39.2. The number of fused-ring (bicyclic) bond motifs is 4. The molecule has 0 fully saturated rings. The maximum Gasteiger partial charge on any atom is 0.266 e. The zero-order valence-corrected chi connectivity index (χ0v) is 42.9. The number of benzene rings is 6. The fraction of sp³-hybridized carbons (Fsp3) is 0.356.